The van der Waals surface area contributed by atoms with Gasteiger partial charge in [0, 0.05) is 11.9 Å². The number of likely N-dealkylation sites (tertiary alicyclic amines) is 1. The predicted octanol–water partition coefficient (Wildman–Crippen LogP) is -0.179. The third kappa shape index (κ3) is 3.40. The number of hydrogen-bond donors (Lipinski definition) is 3. The van der Waals surface area contributed by atoms with Crippen LogP contribution in [0.5, 0.6) is 0 Å². The molecule has 3 heterocycles. The molecule has 3 N–H and O–H groups in total. The van der Waals surface area contributed by atoms with Crippen molar-refractivity contribution in [2.45, 2.75) is 37.8 Å². The average Bonchev–Trinajstić information content (AvgIpc) is 2.50. The molecule has 23 heavy (non-hydrogen) atoms. The molecule has 7 heteroatoms. The number of nitrogens with zero attached hydrogens (tertiary/aromatic N) is 1. The Morgan fingerprint density at radius 3 is 3.04 bits per heavy atom. The molecule has 1 spiro atoms. The van der Waals surface area contributed by atoms with Gasteiger partial charge in [0.1, 0.15) is 0 Å². The first kappa shape index (κ1) is 16.0. The molecule has 3 aliphatic rings. The normalized spacial score (nSPS) is 26.4. The molecule has 126 valence electrons. The van der Waals surface area contributed by atoms with Crippen molar-refractivity contribution in [2.75, 3.05) is 26.3 Å². The monoisotopic (exact) mass is 320 g/mol. The summed E-state index contributed by atoms with van der Waals surface area (Å²) in [6, 6.07) is 0.0124. The molecule has 1 atom stereocenters. The topological polar surface area (TPSA) is 82.7 Å². The molecule has 7 nitrogen and oxygen atoms in total. The molecule has 0 aromatic rings. The van der Waals surface area contributed by atoms with Gasteiger partial charge in [-0.1, -0.05) is 6.42 Å². The number of allylic oxidation sites excluding steroid dienone is 1. The lowest BCUT2D eigenvalue weighted by Crippen LogP contribution is -2.65. The van der Waals surface area contributed by atoms with E-state index in [0.717, 1.165) is 38.3 Å². The molecule has 2 amide bonds. The second-order valence-corrected chi connectivity index (χ2v) is 6.49. The summed E-state index contributed by atoms with van der Waals surface area (Å²) in [6.07, 6.45) is 7.63. The van der Waals surface area contributed by atoms with Crippen molar-refractivity contribution in [3.05, 3.63) is 23.7 Å². The zero-order valence-electron chi connectivity index (χ0n) is 13.4. The lowest BCUT2D eigenvalue weighted by atomic mass is 9.85. The smallest absolute Gasteiger partial charge is 0.238 e. The van der Waals surface area contributed by atoms with E-state index in [1.165, 1.54) is 6.42 Å². The van der Waals surface area contributed by atoms with E-state index in [1.54, 1.807) is 12.3 Å². The van der Waals surface area contributed by atoms with Crippen LogP contribution in [0.25, 0.3) is 0 Å². The molecule has 0 saturated carbocycles. The second-order valence-electron chi connectivity index (χ2n) is 6.49. The minimum atomic E-state index is -0.0394. The van der Waals surface area contributed by atoms with E-state index in [2.05, 4.69) is 20.9 Å². The maximum atomic E-state index is 12.4. The average molecular weight is 320 g/mol. The molecule has 0 aromatic heterocycles. The van der Waals surface area contributed by atoms with Crippen molar-refractivity contribution in [1.82, 2.24) is 20.9 Å². The lowest BCUT2D eigenvalue weighted by Gasteiger charge is -2.52. The number of piperidine rings is 1. The first-order valence-electron chi connectivity index (χ1n) is 8.14. The zero-order chi connectivity index (χ0) is 16.3. The fourth-order valence-electron chi connectivity index (χ4n) is 3.38. The molecule has 2 saturated heterocycles. The highest BCUT2D eigenvalue weighted by molar-refractivity contribution is 5.80. The number of nitrogens with one attached hydrogen (secondary N) is 3. The number of rotatable bonds is 5. The van der Waals surface area contributed by atoms with Gasteiger partial charge in [0.2, 0.25) is 12.3 Å². The third-order valence-corrected chi connectivity index (χ3v) is 4.84. The molecule has 0 bridgehead atoms. The minimum absolute atomic E-state index is 0.0124. The van der Waals surface area contributed by atoms with Gasteiger partial charge >= 0.3 is 0 Å². The van der Waals surface area contributed by atoms with Gasteiger partial charge in [-0.3, -0.25) is 14.5 Å². The van der Waals surface area contributed by atoms with Gasteiger partial charge in [-0.2, -0.15) is 0 Å². The van der Waals surface area contributed by atoms with Crippen LogP contribution in [0.2, 0.25) is 0 Å². The van der Waals surface area contributed by atoms with Gasteiger partial charge in [-0.05, 0) is 32.4 Å². The van der Waals surface area contributed by atoms with Gasteiger partial charge < -0.3 is 20.7 Å². The molecular weight excluding hydrogens is 296 g/mol. The number of hydrogen-bond acceptors (Lipinski definition) is 5. The van der Waals surface area contributed by atoms with E-state index in [1.807, 2.05) is 6.92 Å². The van der Waals surface area contributed by atoms with Crippen LogP contribution in [0.4, 0.5) is 0 Å². The summed E-state index contributed by atoms with van der Waals surface area (Å²) in [4.78, 5) is 25.2. The fraction of sp³-hybridized carbons (Fsp3) is 0.625. The molecular formula is C16H24N4O3. The number of carbonyl (C=O) groups excluding carboxylic acids is 2. The lowest BCUT2D eigenvalue weighted by molar-refractivity contribution is -0.161. The highest BCUT2D eigenvalue weighted by Gasteiger charge is 2.45. The summed E-state index contributed by atoms with van der Waals surface area (Å²) in [7, 11) is 0. The highest BCUT2D eigenvalue weighted by atomic mass is 16.5. The van der Waals surface area contributed by atoms with Crippen molar-refractivity contribution in [1.29, 1.82) is 0 Å². The summed E-state index contributed by atoms with van der Waals surface area (Å²) < 4.78 is 5.38. The largest absolute Gasteiger partial charge is 0.381 e. The maximum Gasteiger partial charge on any atom is 0.238 e. The summed E-state index contributed by atoms with van der Waals surface area (Å²) in [6.45, 7) is 4.72. The number of amides is 2. The van der Waals surface area contributed by atoms with Crippen LogP contribution in [-0.4, -0.2) is 55.1 Å². The Bertz CT molecular complexity index is 539. The maximum absolute atomic E-state index is 12.4. The van der Waals surface area contributed by atoms with Crippen molar-refractivity contribution in [2.24, 2.45) is 0 Å². The van der Waals surface area contributed by atoms with E-state index in [0.29, 0.717) is 18.7 Å². The zero-order valence-corrected chi connectivity index (χ0v) is 13.4. The highest BCUT2D eigenvalue weighted by Crippen LogP contribution is 2.34. The van der Waals surface area contributed by atoms with Crippen molar-refractivity contribution >= 4 is 12.3 Å². The summed E-state index contributed by atoms with van der Waals surface area (Å²) in [5.41, 5.74) is 1.47. The number of dihydropyridines is 1. The molecule has 3 rings (SSSR count). The van der Waals surface area contributed by atoms with Crippen LogP contribution in [0.3, 0.4) is 0 Å². The minimum Gasteiger partial charge on any atom is -0.381 e. The van der Waals surface area contributed by atoms with Crippen LogP contribution in [0, 0.1) is 0 Å². The van der Waals surface area contributed by atoms with Gasteiger partial charge in [-0.25, -0.2) is 0 Å². The van der Waals surface area contributed by atoms with Crippen molar-refractivity contribution in [3.8, 4) is 0 Å². The van der Waals surface area contributed by atoms with E-state index < -0.39 is 0 Å². The van der Waals surface area contributed by atoms with Crippen LogP contribution < -0.4 is 16.0 Å². The summed E-state index contributed by atoms with van der Waals surface area (Å²) >= 11 is 0. The van der Waals surface area contributed by atoms with E-state index in [-0.39, 0.29) is 17.5 Å². The van der Waals surface area contributed by atoms with Crippen molar-refractivity contribution in [3.63, 3.8) is 0 Å². The van der Waals surface area contributed by atoms with Crippen LogP contribution in [0.15, 0.2) is 23.7 Å². The van der Waals surface area contributed by atoms with Crippen molar-refractivity contribution < 1.29 is 14.3 Å². The Morgan fingerprint density at radius 1 is 1.52 bits per heavy atom. The fourth-order valence-corrected chi connectivity index (χ4v) is 3.38. The van der Waals surface area contributed by atoms with Crippen LogP contribution >= 0.6 is 0 Å². The molecule has 0 aromatic carbocycles. The number of carbonyl (C=O) groups is 2. The Morgan fingerprint density at radius 2 is 2.35 bits per heavy atom. The molecule has 1 unspecified atom stereocenters. The van der Waals surface area contributed by atoms with E-state index in [9.17, 15) is 9.59 Å². The van der Waals surface area contributed by atoms with E-state index in [4.69, 9.17) is 4.74 Å². The van der Waals surface area contributed by atoms with Crippen LogP contribution in [-0.2, 0) is 14.3 Å². The predicted molar refractivity (Wildman–Crippen MR) is 85.1 cm³/mol. The van der Waals surface area contributed by atoms with Gasteiger partial charge in [-0.15, -0.1) is 0 Å². The first-order chi connectivity index (χ1) is 11.1. The standard InChI is InChI=1S/C16H24N4O3/c1-12-14(18-11-21)6-13(7-17-12)19-15(22)8-20-5-3-2-4-16(20)9-23-10-16/h6-7,11-12,17H,2-5,8-10H2,1H3,(H,18,21)(H,19,22). The van der Waals surface area contributed by atoms with E-state index >= 15 is 0 Å². The van der Waals surface area contributed by atoms with Crippen LogP contribution in [0.1, 0.15) is 26.2 Å². The molecule has 2 fully saturated rings. The first-order valence-corrected chi connectivity index (χ1v) is 8.14. The van der Waals surface area contributed by atoms with Gasteiger partial charge in [0.15, 0.2) is 0 Å². The molecule has 0 radical (unpaired) electrons. The SMILES string of the molecule is CC1NC=C(NC(=O)CN2CCCCC23COC3)C=C1NC=O. The molecule has 0 aliphatic carbocycles. The Balaban J connectivity index is 1.58. The third-order valence-electron chi connectivity index (χ3n) is 4.84. The Labute approximate surface area is 136 Å². The van der Waals surface area contributed by atoms with Gasteiger partial charge in [0.25, 0.3) is 0 Å². The second kappa shape index (κ2) is 6.72. The molecule has 3 aliphatic heterocycles. The summed E-state index contributed by atoms with van der Waals surface area (Å²) in [5.74, 6) is -0.0394. The Kier molecular flexibility index (Phi) is 4.68. The summed E-state index contributed by atoms with van der Waals surface area (Å²) in [5, 5.41) is 8.67. The van der Waals surface area contributed by atoms with Gasteiger partial charge in [0.05, 0.1) is 37.0 Å². The number of ether oxygens (including phenoxy) is 1. The quantitative estimate of drug-likeness (QED) is 0.612. The Hall–Kier alpha value is -1.86.